The lowest BCUT2D eigenvalue weighted by molar-refractivity contribution is -0.103. The first-order valence-electron chi connectivity index (χ1n) is 8.05. The van der Waals surface area contributed by atoms with Crippen LogP contribution in [0.1, 0.15) is 11.1 Å². The molecule has 0 atom stereocenters. The van der Waals surface area contributed by atoms with Gasteiger partial charge in [0.25, 0.3) is 0 Å². The first-order valence-corrected chi connectivity index (χ1v) is 8.05. The molecule has 2 aliphatic rings. The van der Waals surface area contributed by atoms with E-state index in [9.17, 15) is 0 Å². The number of nitrogens with zero attached hydrogens (tertiary/aromatic N) is 3. The van der Waals surface area contributed by atoms with Crippen molar-refractivity contribution < 1.29 is 14.2 Å². The Morgan fingerprint density at radius 1 is 1.21 bits per heavy atom. The highest BCUT2D eigenvalue weighted by atomic mass is 16.6. The molecule has 2 aliphatic heterocycles. The van der Waals surface area contributed by atoms with Crippen LogP contribution in [-0.2, 0) is 33.5 Å². The van der Waals surface area contributed by atoms with Gasteiger partial charge in [-0.25, -0.2) is 4.98 Å². The minimum Gasteiger partial charge on any atom is -0.376 e. The zero-order valence-electron chi connectivity index (χ0n) is 13.4. The highest BCUT2D eigenvalue weighted by Gasteiger charge is 2.44. The zero-order valence-corrected chi connectivity index (χ0v) is 13.4. The smallest absolute Gasteiger partial charge is 0.141 e. The highest BCUT2D eigenvalue weighted by molar-refractivity contribution is 5.87. The molecule has 1 fully saturated rings. The lowest BCUT2D eigenvalue weighted by Gasteiger charge is -2.27. The number of rotatable bonds is 1. The van der Waals surface area contributed by atoms with Gasteiger partial charge in [-0.2, -0.15) is 5.10 Å². The Kier molecular flexibility index (Phi) is 3.03. The first-order chi connectivity index (χ1) is 11.8. The minimum atomic E-state index is -0.540. The van der Waals surface area contributed by atoms with Crippen molar-refractivity contribution in [3.8, 4) is 11.3 Å². The molecule has 0 radical (unpaired) electrons. The summed E-state index contributed by atoms with van der Waals surface area (Å²) in [6.45, 7) is 2.75. The van der Waals surface area contributed by atoms with Crippen LogP contribution in [0.3, 0.4) is 0 Å². The average Bonchev–Trinajstić information content (AvgIpc) is 3.22. The molecular formula is C17H18N4O3. The van der Waals surface area contributed by atoms with E-state index in [0.29, 0.717) is 33.0 Å². The third-order valence-corrected chi connectivity index (χ3v) is 4.75. The maximum atomic E-state index is 6.14. The summed E-state index contributed by atoms with van der Waals surface area (Å²) in [5.41, 5.74) is 4.58. The normalized spacial score (nSPS) is 19.7. The van der Waals surface area contributed by atoms with Crippen molar-refractivity contribution in [3.63, 3.8) is 0 Å². The van der Waals surface area contributed by atoms with Gasteiger partial charge < -0.3 is 19.2 Å². The van der Waals surface area contributed by atoms with Crippen LogP contribution >= 0.6 is 0 Å². The number of pyridine rings is 1. The van der Waals surface area contributed by atoms with Gasteiger partial charge >= 0.3 is 0 Å². The van der Waals surface area contributed by atoms with E-state index in [1.807, 2.05) is 25.6 Å². The standard InChI is InChI=1S/C17H18N4O3/c1-21-7-11(6-19-21)14-4-13-15-12(5-18-16(13)20-14)8-24-17(15)9-22-2-3-23-10-17/h4-7H,2-3,8-10H2,1H3,(H,18,20). The second-order valence-corrected chi connectivity index (χ2v) is 6.39. The Balaban J connectivity index is 1.69. The number of fused-ring (bicyclic) bond motifs is 4. The molecule has 0 amide bonds. The molecule has 0 bridgehead atoms. The maximum Gasteiger partial charge on any atom is 0.141 e. The molecule has 0 aromatic carbocycles. The Morgan fingerprint density at radius 2 is 2.04 bits per heavy atom. The van der Waals surface area contributed by atoms with Crippen molar-refractivity contribution in [2.45, 2.75) is 12.2 Å². The second kappa shape index (κ2) is 5.14. The van der Waals surface area contributed by atoms with Crippen molar-refractivity contribution in [2.75, 3.05) is 26.4 Å². The number of H-pyrrole nitrogens is 1. The topological polar surface area (TPSA) is 74.2 Å². The van der Waals surface area contributed by atoms with Crippen LogP contribution in [0.4, 0.5) is 0 Å². The summed E-state index contributed by atoms with van der Waals surface area (Å²) >= 11 is 0. The summed E-state index contributed by atoms with van der Waals surface area (Å²) in [5.74, 6) is 0. The molecule has 1 N–H and O–H groups in total. The van der Waals surface area contributed by atoms with E-state index in [0.717, 1.165) is 33.4 Å². The van der Waals surface area contributed by atoms with Crippen molar-refractivity contribution in [1.82, 2.24) is 19.7 Å². The number of aryl methyl sites for hydroxylation is 1. The molecule has 124 valence electrons. The van der Waals surface area contributed by atoms with Gasteiger partial charge in [-0.1, -0.05) is 0 Å². The second-order valence-electron chi connectivity index (χ2n) is 6.39. The third-order valence-electron chi connectivity index (χ3n) is 4.75. The van der Waals surface area contributed by atoms with Gasteiger partial charge in [0.15, 0.2) is 0 Å². The van der Waals surface area contributed by atoms with E-state index >= 15 is 0 Å². The van der Waals surface area contributed by atoms with Crippen LogP contribution in [0.25, 0.3) is 22.3 Å². The molecule has 0 saturated carbocycles. The fourth-order valence-electron chi connectivity index (χ4n) is 3.63. The van der Waals surface area contributed by atoms with Crippen LogP contribution in [0, 0.1) is 0 Å². The largest absolute Gasteiger partial charge is 0.376 e. The van der Waals surface area contributed by atoms with Gasteiger partial charge in [0.1, 0.15) is 11.2 Å². The van der Waals surface area contributed by atoms with Crippen LogP contribution in [0.5, 0.6) is 0 Å². The Labute approximate surface area is 138 Å². The molecule has 5 heterocycles. The lowest BCUT2D eigenvalue weighted by Crippen LogP contribution is -2.35. The van der Waals surface area contributed by atoms with E-state index in [4.69, 9.17) is 14.2 Å². The van der Waals surface area contributed by atoms with E-state index in [-0.39, 0.29) is 0 Å². The third kappa shape index (κ3) is 2.02. The predicted octanol–water partition coefficient (Wildman–Crippen LogP) is 1.74. The molecule has 3 aromatic heterocycles. The zero-order chi connectivity index (χ0) is 16.1. The predicted molar refractivity (Wildman–Crippen MR) is 86.4 cm³/mol. The van der Waals surface area contributed by atoms with Gasteiger partial charge in [0.2, 0.25) is 0 Å². The summed E-state index contributed by atoms with van der Waals surface area (Å²) < 4.78 is 19.4. The molecule has 1 spiro atoms. The summed E-state index contributed by atoms with van der Waals surface area (Å²) in [7, 11) is 1.91. The summed E-state index contributed by atoms with van der Waals surface area (Å²) in [6, 6.07) is 2.12. The molecule has 24 heavy (non-hydrogen) atoms. The quantitative estimate of drug-likeness (QED) is 0.737. The van der Waals surface area contributed by atoms with Gasteiger partial charge in [-0.15, -0.1) is 0 Å². The molecule has 1 saturated heterocycles. The Bertz CT molecular complexity index is 906. The summed E-state index contributed by atoms with van der Waals surface area (Å²) in [6.07, 6.45) is 5.71. The number of aromatic amines is 1. The van der Waals surface area contributed by atoms with E-state index in [1.165, 1.54) is 0 Å². The fourth-order valence-corrected chi connectivity index (χ4v) is 3.63. The molecule has 3 aromatic rings. The van der Waals surface area contributed by atoms with Crippen molar-refractivity contribution in [3.05, 3.63) is 35.8 Å². The van der Waals surface area contributed by atoms with Gasteiger partial charge in [0, 0.05) is 41.5 Å². The minimum absolute atomic E-state index is 0.506. The number of ether oxygens (including phenoxy) is 3. The Morgan fingerprint density at radius 3 is 2.79 bits per heavy atom. The number of nitrogens with one attached hydrogen (secondary N) is 1. The van der Waals surface area contributed by atoms with Gasteiger partial charge in [-0.05, 0) is 6.07 Å². The average molecular weight is 326 g/mol. The van der Waals surface area contributed by atoms with Crippen molar-refractivity contribution in [2.24, 2.45) is 7.05 Å². The van der Waals surface area contributed by atoms with Crippen LogP contribution < -0.4 is 0 Å². The van der Waals surface area contributed by atoms with Gasteiger partial charge in [-0.3, -0.25) is 4.68 Å². The summed E-state index contributed by atoms with van der Waals surface area (Å²) in [5, 5.41) is 5.31. The molecular weight excluding hydrogens is 308 g/mol. The Hall–Kier alpha value is -2.22. The van der Waals surface area contributed by atoms with E-state index in [1.54, 1.807) is 4.68 Å². The molecule has 5 rings (SSSR count). The SMILES string of the molecule is Cn1cc(-c2cc3c4c(cnc3[nH]2)COC42COCCOC2)cn1. The highest BCUT2D eigenvalue weighted by Crippen LogP contribution is 2.42. The maximum absolute atomic E-state index is 6.14. The first kappa shape index (κ1) is 14.2. The molecule has 7 nitrogen and oxygen atoms in total. The molecule has 0 aliphatic carbocycles. The van der Waals surface area contributed by atoms with E-state index < -0.39 is 5.60 Å². The number of hydrogen-bond donors (Lipinski definition) is 1. The fraction of sp³-hybridized carbons (Fsp3) is 0.412. The van der Waals surface area contributed by atoms with Gasteiger partial charge in [0.05, 0.1) is 44.9 Å². The number of aromatic nitrogens is 4. The lowest BCUT2D eigenvalue weighted by atomic mass is 9.92. The molecule has 0 unspecified atom stereocenters. The summed E-state index contributed by atoms with van der Waals surface area (Å²) in [4.78, 5) is 7.95. The van der Waals surface area contributed by atoms with Crippen LogP contribution in [0.15, 0.2) is 24.7 Å². The van der Waals surface area contributed by atoms with Crippen LogP contribution in [0.2, 0.25) is 0 Å². The molecule has 7 heteroatoms. The van der Waals surface area contributed by atoms with Crippen molar-refractivity contribution in [1.29, 1.82) is 0 Å². The monoisotopic (exact) mass is 326 g/mol. The van der Waals surface area contributed by atoms with E-state index in [2.05, 4.69) is 21.1 Å². The van der Waals surface area contributed by atoms with Crippen LogP contribution in [-0.4, -0.2) is 46.2 Å². The van der Waals surface area contributed by atoms with Crippen molar-refractivity contribution >= 4 is 11.0 Å². The number of hydrogen-bond acceptors (Lipinski definition) is 5.